The molecule has 0 aromatic heterocycles. The number of hydrogen-bond donors (Lipinski definition) is 1. The van der Waals surface area contributed by atoms with Gasteiger partial charge in [0, 0.05) is 0 Å². The summed E-state index contributed by atoms with van der Waals surface area (Å²) in [7, 11) is 0. The van der Waals surface area contributed by atoms with Crippen LogP contribution >= 0.6 is 0 Å². The van der Waals surface area contributed by atoms with Gasteiger partial charge in [-0.1, -0.05) is 24.3 Å². The fraction of sp³-hybridized carbons (Fsp3) is 0.200. The minimum Gasteiger partial charge on any atom is -0.392 e. The first-order chi connectivity index (χ1) is 8.91. The van der Waals surface area contributed by atoms with Crippen molar-refractivity contribution in [2.45, 2.75) is 19.7 Å². The Balaban J connectivity index is 2.37. The summed E-state index contributed by atoms with van der Waals surface area (Å²) in [5, 5.41) is 9.19. The van der Waals surface area contributed by atoms with Crippen LogP contribution in [-0.4, -0.2) is 5.11 Å². The highest BCUT2D eigenvalue weighted by atomic mass is 19.4. The molecule has 100 valence electrons. The van der Waals surface area contributed by atoms with Crippen LogP contribution in [0.3, 0.4) is 0 Å². The zero-order chi connectivity index (χ0) is 14.0. The molecule has 0 aliphatic heterocycles. The van der Waals surface area contributed by atoms with E-state index in [0.29, 0.717) is 5.56 Å². The summed E-state index contributed by atoms with van der Waals surface area (Å²) < 4.78 is 37.4. The lowest BCUT2D eigenvalue weighted by atomic mass is 9.99. The van der Waals surface area contributed by atoms with Crippen LogP contribution < -0.4 is 0 Å². The maximum absolute atomic E-state index is 12.5. The van der Waals surface area contributed by atoms with Crippen molar-refractivity contribution in [3.05, 3.63) is 59.2 Å². The number of rotatable bonds is 2. The summed E-state index contributed by atoms with van der Waals surface area (Å²) in [6, 6.07) is 10.5. The molecule has 2 aromatic rings. The normalized spacial score (nSPS) is 11.6. The Bertz CT molecular complexity index is 571. The SMILES string of the molecule is Cc1ccc(-c2ccc(C(F)(F)F)cc2)cc1CO. The summed E-state index contributed by atoms with van der Waals surface area (Å²) in [6.45, 7) is 1.79. The van der Waals surface area contributed by atoms with E-state index in [1.807, 2.05) is 19.1 Å². The number of hydrogen-bond acceptors (Lipinski definition) is 1. The van der Waals surface area contributed by atoms with Gasteiger partial charge >= 0.3 is 6.18 Å². The predicted molar refractivity (Wildman–Crippen MR) is 67.5 cm³/mol. The van der Waals surface area contributed by atoms with Gasteiger partial charge in [0.25, 0.3) is 0 Å². The predicted octanol–water partition coefficient (Wildman–Crippen LogP) is 4.17. The zero-order valence-corrected chi connectivity index (χ0v) is 10.3. The quantitative estimate of drug-likeness (QED) is 0.864. The van der Waals surface area contributed by atoms with Gasteiger partial charge < -0.3 is 5.11 Å². The molecule has 2 rings (SSSR count). The van der Waals surface area contributed by atoms with E-state index in [9.17, 15) is 18.3 Å². The van der Waals surface area contributed by atoms with Crippen LogP contribution in [0.4, 0.5) is 13.2 Å². The Labute approximate surface area is 109 Å². The highest BCUT2D eigenvalue weighted by Crippen LogP contribution is 2.31. The highest BCUT2D eigenvalue weighted by Gasteiger charge is 2.29. The fourth-order valence-corrected chi connectivity index (χ4v) is 1.87. The van der Waals surface area contributed by atoms with E-state index in [0.717, 1.165) is 28.8 Å². The van der Waals surface area contributed by atoms with Crippen molar-refractivity contribution in [2.24, 2.45) is 0 Å². The van der Waals surface area contributed by atoms with Gasteiger partial charge in [-0.3, -0.25) is 0 Å². The number of aliphatic hydroxyl groups excluding tert-OH is 1. The van der Waals surface area contributed by atoms with Crippen molar-refractivity contribution < 1.29 is 18.3 Å². The average Bonchev–Trinajstić information content (AvgIpc) is 2.38. The first kappa shape index (κ1) is 13.6. The van der Waals surface area contributed by atoms with Gasteiger partial charge in [-0.25, -0.2) is 0 Å². The minimum absolute atomic E-state index is 0.0830. The van der Waals surface area contributed by atoms with Gasteiger partial charge in [0.2, 0.25) is 0 Å². The van der Waals surface area contributed by atoms with E-state index in [2.05, 4.69) is 0 Å². The van der Waals surface area contributed by atoms with Crippen molar-refractivity contribution in [3.8, 4) is 11.1 Å². The monoisotopic (exact) mass is 266 g/mol. The summed E-state index contributed by atoms with van der Waals surface area (Å²) >= 11 is 0. The lowest BCUT2D eigenvalue weighted by molar-refractivity contribution is -0.137. The van der Waals surface area contributed by atoms with Gasteiger partial charge in [0.05, 0.1) is 12.2 Å². The van der Waals surface area contributed by atoms with Crippen LogP contribution in [0.1, 0.15) is 16.7 Å². The van der Waals surface area contributed by atoms with Crippen LogP contribution in [-0.2, 0) is 12.8 Å². The standard InChI is InChI=1S/C15H13F3O/c1-10-2-3-12(8-13(10)9-19)11-4-6-14(7-5-11)15(16,17)18/h2-8,19H,9H2,1H3. The number of halogens is 3. The van der Waals surface area contributed by atoms with Gasteiger partial charge in [0.1, 0.15) is 0 Å². The Morgan fingerprint density at radius 3 is 2.05 bits per heavy atom. The van der Waals surface area contributed by atoms with Crippen molar-refractivity contribution in [1.82, 2.24) is 0 Å². The smallest absolute Gasteiger partial charge is 0.392 e. The summed E-state index contributed by atoms with van der Waals surface area (Å²) in [5.74, 6) is 0. The summed E-state index contributed by atoms with van der Waals surface area (Å²) in [6.07, 6.45) is -4.32. The molecule has 0 radical (unpaired) electrons. The topological polar surface area (TPSA) is 20.2 Å². The van der Waals surface area contributed by atoms with E-state index in [-0.39, 0.29) is 6.61 Å². The number of aliphatic hydroxyl groups is 1. The number of benzene rings is 2. The molecule has 0 aliphatic carbocycles. The Morgan fingerprint density at radius 1 is 0.947 bits per heavy atom. The second-order valence-electron chi connectivity index (χ2n) is 4.37. The molecule has 2 aromatic carbocycles. The molecule has 1 N–H and O–H groups in total. The Hall–Kier alpha value is -1.81. The van der Waals surface area contributed by atoms with Gasteiger partial charge in [-0.2, -0.15) is 13.2 Å². The van der Waals surface area contributed by atoms with E-state index in [4.69, 9.17) is 0 Å². The number of aryl methyl sites for hydroxylation is 1. The van der Waals surface area contributed by atoms with Crippen molar-refractivity contribution in [2.75, 3.05) is 0 Å². The lowest BCUT2D eigenvalue weighted by Gasteiger charge is -2.09. The Morgan fingerprint density at radius 2 is 1.53 bits per heavy atom. The molecule has 0 spiro atoms. The van der Waals surface area contributed by atoms with E-state index < -0.39 is 11.7 Å². The molecule has 0 fully saturated rings. The molecule has 0 amide bonds. The second-order valence-corrected chi connectivity index (χ2v) is 4.37. The maximum Gasteiger partial charge on any atom is 0.416 e. The Kier molecular flexibility index (Phi) is 3.62. The van der Waals surface area contributed by atoms with Gasteiger partial charge in [0.15, 0.2) is 0 Å². The van der Waals surface area contributed by atoms with Crippen LogP contribution in [0.15, 0.2) is 42.5 Å². The molecule has 0 atom stereocenters. The highest BCUT2D eigenvalue weighted by molar-refractivity contribution is 5.65. The molecular weight excluding hydrogens is 253 g/mol. The van der Waals surface area contributed by atoms with Crippen molar-refractivity contribution >= 4 is 0 Å². The molecule has 0 heterocycles. The van der Waals surface area contributed by atoms with Gasteiger partial charge in [-0.15, -0.1) is 0 Å². The molecule has 4 heteroatoms. The van der Waals surface area contributed by atoms with Crippen molar-refractivity contribution in [1.29, 1.82) is 0 Å². The van der Waals surface area contributed by atoms with Gasteiger partial charge in [-0.05, 0) is 47.4 Å². The second kappa shape index (κ2) is 5.05. The average molecular weight is 266 g/mol. The molecule has 0 saturated heterocycles. The molecular formula is C15H13F3O. The summed E-state index contributed by atoms with van der Waals surface area (Å²) in [4.78, 5) is 0. The van der Waals surface area contributed by atoms with E-state index in [1.165, 1.54) is 12.1 Å². The maximum atomic E-state index is 12.5. The molecule has 0 bridgehead atoms. The lowest BCUT2D eigenvalue weighted by Crippen LogP contribution is -2.04. The molecule has 0 aliphatic rings. The minimum atomic E-state index is -4.32. The van der Waals surface area contributed by atoms with Crippen LogP contribution in [0.5, 0.6) is 0 Å². The van der Waals surface area contributed by atoms with Crippen molar-refractivity contribution in [3.63, 3.8) is 0 Å². The van der Waals surface area contributed by atoms with E-state index >= 15 is 0 Å². The molecule has 0 saturated carbocycles. The van der Waals surface area contributed by atoms with E-state index in [1.54, 1.807) is 6.07 Å². The fourth-order valence-electron chi connectivity index (χ4n) is 1.87. The van der Waals surface area contributed by atoms with Crippen LogP contribution in [0, 0.1) is 6.92 Å². The molecule has 19 heavy (non-hydrogen) atoms. The summed E-state index contributed by atoms with van der Waals surface area (Å²) in [5.41, 5.74) is 2.56. The largest absolute Gasteiger partial charge is 0.416 e. The molecule has 1 nitrogen and oxygen atoms in total. The third-order valence-electron chi connectivity index (χ3n) is 3.07. The van der Waals surface area contributed by atoms with Crippen LogP contribution in [0.25, 0.3) is 11.1 Å². The number of alkyl halides is 3. The first-order valence-electron chi connectivity index (χ1n) is 5.80. The molecule has 0 unspecified atom stereocenters. The third-order valence-corrected chi connectivity index (χ3v) is 3.07. The third kappa shape index (κ3) is 2.96. The zero-order valence-electron chi connectivity index (χ0n) is 10.3. The first-order valence-corrected chi connectivity index (χ1v) is 5.80. The van der Waals surface area contributed by atoms with Crippen LogP contribution in [0.2, 0.25) is 0 Å².